The maximum absolute atomic E-state index is 13.3. The highest BCUT2D eigenvalue weighted by atomic mass is 32.2. The highest BCUT2D eigenvalue weighted by Gasteiger charge is 2.27. The van der Waals surface area contributed by atoms with E-state index in [2.05, 4.69) is 20.5 Å². The van der Waals surface area contributed by atoms with E-state index in [1.54, 1.807) is 18.5 Å². The van der Waals surface area contributed by atoms with Crippen LogP contribution in [0.25, 0.3) is 11.5 Å². The molecule has 1 aromatic carbocycles. The quantitative estimate of drug-likeness (QED) is 0.295. The summed E-state index contributed by atoms with van der Waals surface area (Å²) in [4.78, 5) is 31.3. The molecule has 0 spiro atoms. The van der Waals surface area contributed by atoms with E-state index in [1.165, 1.54) is 16.2 Å². The van der Waals surface area contributed by atoms with Crippen molar-refractivity contribution < 1.29 is 14.0 Å². The van der Waals surface area contributed by atoms with Crippen molar-refractivity contribution in [3.63, 3.8) is 0 Å². The van der Waals surface area contributed by atoms with Crippen molar-refractivity contribution in [3.8, 4) is 11.5 Å². The van der Waals surface area contributed by atoms with Gasteiger partial charge in [0.1, 0.15) is 5.00 Å². The highest BCUT2D eigenvalue weighted by Crippen LogP contribution is 2.39. The largest absolute Gasteiger partial charge is 0.411 e. The fourth-order valence-electron chi connectivity index (χ4n) is 3.79. The van der Waals surface area contributed by atoms with Crippen molar-refractivity contribution in [3.05, 3.63) is 76.4 Å². The van der Waals surface area contributed by atoms with E-state index >= 15 is 0 Å². The summed E-state index contributed by atoms with van der Waals surface area (Å²) in [5.41, 5.74) is 3.06. The second kappa shape index (κ2) is 9.68. The summed E-state index contributed by atoms with van der Waals surface area (Å²) in [6.45, 7) is 0. The molecule has 3 aromatic heterocycles. The number of thiophene rings is 1. The zero-order valence-electron chi connectivity index (χ0n) is 17.6. The van der Waals surface area contributed by atoms with Gasteiger partial charge in [0.05, 0.1) is 16.9 Å². The summed E-state index contributed by atoms with van der Waals surface area (Å²) < 4.78 is 5.63. The first-order valence-electron chi connectivity index (χ1n) is 10.6. The van der Waals surface area contributed by atoms with Gasteiger partial charge in [-0.25, -0.2) is 0 Å². The molecule has 0 radical (unpaired) electrons. The summed E-state index contributed by atoms with van der Waals surface area (Å²) in [7, 11) is 0. The smallest absolute Gasteiger partial charge is 0.277 e. The van der Waals surface area contributed by atoms with Crippen LogP contribution in [-0.2, 0) is 17.6 Å². The van der Waals surface area contributed by atoms with Crippen LogP contribution in [0, 0.1) is 0 Å². The summed E-state index contributed by atoms with van der Waals surface area (Å²) >= 11 is 2.67. The summed E-state index contributed by atoms with van der Waals surface area (Å²) in [5.74, 6) is 0.182. The van der Waals surface area contributed by atoms with Gasteiger partial charge in [0.2, 0.25) is 11.8 Å². The van der Waals surface area contributed by atoms with Gasteiger partial charge in [-0.15, -0.1) is 21.5 Å². The molecular weight excluding hydrogens is 456 g/mol. The number of thioether (sulfide) groups is 1. The fourth-order valence-corrected chi connectivity index (χ4v) is 5.66. The van der Waals surface area contributed by atoms with Gasteiger partial charge in [-0.1, -0.05) is 42.1 Å². The van der Waals surface area contributed by atoms with Gasteiger partial charge in [0, 0.05) is 22.8 Å². The molecule has 33 heavy (non-hydrogen) atoms. The van der Waals surface area contributed by atoms with Crippen molar-refractivity contribution in [1.82, 2.24) is 15.2 Å². The van der Waals surface area contributed by atoms with Gasteiger partial charge < -0.3 is 9.73 Å². The molecule has 0 fully saturated rings. The molecule has 1 aliphatic rings. The molecular formula is C24H20N4O3S2. The van der Waals surface area contributed by atoms with E-state index in [9.17, 15) is 9.59 Å². The zero-order chi connectivity index (χ0) is 22.6. The van der Waals surface area contributed by atoms with Crippen LogP contribution in [0.4, 0.5) is 5.00 Å². The van der Waals surface area contributed by atoms with Gasteiger partial charge >= 0.3 is 0 Å². The SMILES string of the molecule is O=C(CSc1nnc(-c2cccnc2)o1)Nc1sc2c(c1C(=O)c1ccccc1)CCCC2. The van der Waals surface area contributed by atoms with Crippen molar-refractivity contribution in [1.29, 1.82) is 0 Å². The van der Waals surface area contributed by atoms with Gasteiger partial charge in [0.15, 0.2) is 5.78 Å². The molecule has 1 amide bonds. The van der Waals surface area contributed by atoms with Crippen LogP contribution in [0.5, 0.6) is 0 Å². The first kappa shape index (κ1) is 21.5. The third-order valence-electron chi connectivity index (χ3n) is 5.33. The summed E-state index contributed by atoms with van der Waals surface area (Å²) in [5, 5.41) is 11.9. The third kappa shape index (κ3) is 4.74. The van der Waals surface area contributed by atoms with Crippen molar-refractivity contribution in [2.75, 3.05) is 11.1 Å². The van der Waals surface area contributed by atoms with Crippen LogP contribution in [0.15, 0.2) is 64.5 Å². The Morgan fingerprint density at radius 2 is 1.91 bits per heavy atom. The minimum atomic E-state index is -0.221. The Labute approximate surface area is 198 Å². The average molecular weight is 477 g/mol. The van der Waals surface area contributed by atoms with Gasteiger partial charge in [-0.3, -0.25) is 14.6 Å². The number of hydrogen-bond acceptors (Lipinski definition) is 8. The Morgan fingerprint density at radius 3 is 2.73 bits per heavy atom. The molecule has 4 aromatic rings. The number of benzene rings is 1. The van der Waals surface area contributed by atoms with Gasteiger partial charge in [-0.2, -0.15) is 0 Å². The molecule has 5 rings (SSSR count). The molecule has 3 heterocycles. The van der Waals surface area contributed by atoms with E-state index in [4.69, 9.17) is 4.42 Å². The number of fused-ring (bicyclic) bond motifs is 1. The molecule has 9 heteroatoms. The standard InChI is InChI=1S/C24H20N4O3S2/c29-19(14-32-24-28-27-22(31-24)16-9-6-12-25-13-16)26-23-20(17-10-4-5-11-18(17)33-23)21(30)15-7-2-1-3-8-15/h1-3,6-9,12-13H,4-5,10-11,14H2,(H,26,29). The normalized spacial score (nSPS) is 12.8. The topological polar surface area (TPSA) is 98.0 Å². The number of hydrogen-bond donors (Lipinski definition) is 1. The highest BCUT2D eigenvalue weighted by molar-refractivity contribution is 7.99. The Hall–Kier alpha value is -3.30. The molecule has 7 nitrogen and oxygen atoms in total. The van der Waals surface area contributed by atoms with Crippen LogP contribution < -0.4 is 5.32 Å². The Kier molecular flexibility index (Phi) is 6.32. The number of ketones is 1. The van der Waals surface area contributed by atoms with E-state index in [1.807, 2.05) is 36.4 Å². The minimum Gasteiger partial charge on any atom is -0.411 e. The van der Waals surface area contributed by atoms with E-state index in [-0.39, 0.29) is 17.4 Å². The van der Waals surface area contributed by atoms with Crippen LogP contribution in [0.2, 0.25) is 0 Å². The summed E-state index contributed by atoms with van der Waals surface area (Å²) in [6.07, 6.45) is 7.27. The third-order valence-corrected chi connectivity index (χ3v) is 7.35. The lowest BCUT2D eigenvalue weighted by Gasteiger charge is -2.12. The number of aryl methyl sites for hydroxylation is 1. The maximum Gasteiger partial charge on any atom is 0.277 e. The minimum absolute atomic E-state index is 0.0454. The Bertz CT molecular complexity index is 1290. The monoisotopic (exact) mass is 476 g/mol. The zero-order valence-corrected chi connectivity index (χ0v) is 19.2. The first-order chi connectivity index (χ1) is 16.2. The molecule has 0 unspecified atom stereocenters. The number of nitrogens with one attached hydrogen (secondary N) is 1. The lowest BCUT2D eigenvalue weighted by atomic mass is 9.92. The Morgan fingerprint density at radius 1 is 1.06 bits per heavy atom. The van der Waals surface area contributed by atoms with Crippen molar-refractivity contribution in [2.45, 2.75) is 30.9 Å². The number of carbonyl (C=O) groups excluding carboxylic acids is 2. The number of pyridine rings is 1. The van der Waals surface area contributed by atoms with Crippen LogP contribution >= 0.6 is 23.1 Å². The van der Waals surface area contributed by atoms with Crippen molar-refractivity contribution in [2.24, 2.45) is 0 Å². The lowest BCUT2D eigenvalue weighted by Crippen LogP contribution is -2.16. The van der Waals surface area contributed by atoms with Crippen molar-refractivity contribution >= 4 is 39.8 Å². The second-order valence-corrected chi connectivity index (χ2v) is 9.59. The molecule has 1 aliphatic carbocycles. The van der Waals surface area contributed by atoms with E-state index < -0.39 is 0 Å². The predicted octanol–water partition coefficient (Wildman–Crippen LogP) is 5.03. The fraction of sp³-hybridized carbons (Fsp3) is 0.208. The van der Waals surface area contributed by atoms with Crippen LogP contribution in [0.1, 0.15) is 39.2 Å². The molecule has 0 bridgehead atoms. The predicted molar refractivity (Wildman–Crippen MR) is 128 cm³/mol. The summed E-state index contributed by atoms with van der Waals surface area (Å²) in [6, 6.07) is 12.8. The van der Waals surface area contributed by atoms with E-state index in [0.29, 0.717) is 27.2 Å². The second-order valence-electron chi connectivity index (χ2n) is 7.56. The average Bonchev–Trinajstić information content (AvgIpc) is 3.48. The van der Waals surface area contributed by atoms with Crippen LogP contribution in [0.3, 0.4) is 0 Å². The van der Waals surface area contributed by atoms with Gasteiger partial charge in [0.25, 0.3) is 5.22 Å². The number of anilines is 1. The van der Waals surface area contributed by atoms with Crippen LogP contribution in [-0.4, -0.2) is 32.6 Å². The number of amides is 1. The molecule has 0 saturated heterocycles. The lowest BCUT2D eigenvalue weighted by molar-refractivity contribution is -0.113. The molecule has 0 saturated carbocycles. The first-order valence-corrected chi connectivity index (χ1v) is 12.4. The van der Waals surface area contributed by atoms with Gasteiger partial charge in [-0.05, 0) is 43.4 Å². The molecule has 0 aliphatic heterocycles. The maximum atomic E-state index is 13.3. The number of rotatable bonds is 7. The molecule has 0 atom stereocenters. The molecule has 1 N–H and O–H groups in total. The number of nitrogens with zero attached hydrogens (tertiary/aromatic N) is 3. The number of aromatic nitrogens is 3. The number of carbonyl (C=O) groups is 2. The van der Waals surface area contributed by atoms with E-state index in [0.717, 1.165) is 48.6 Å². The Balaban J connectivity index is 1.31. The molecule has 166 valence electrons.